The first kappa shape index (κ1) is 11.8. The highest BCUT2D eigenvalue weighted by Crippen LogP contribution is 2.36. The van der Waals surface area contributed by atoms with Gasteiger partial charge in [0.25, 0.3) is 0 Å². The van der Waals surface area contributed by atoms with E-state index in [1.807, 2.05) is 0 Å². The third-order valence-electron chi connectivity index (χ3n) is 2.81. The SMILES string of the molecule is Cc1c(C)c(O)n(-c2ccc(Cl)cc2F)c1O. The molecule has 3 nitrogen and oxygen atoms in total. The van der Waals surface area contributed by atoms with Crippen LogP contribution in [0.3, 0.4) is 0 Å². The number of hydrogen-bond acceptors (Lipinski definition) is 2. The van der Waals surface area contributed by atoms with Gasteiger partial charge in [-0.3, -0.25) is 0 Å². The first-order chi connectivity index (χ1) is 7.93. The van der Waals surface area contributed by atoms with Crippen molar-refractivity contribution in [3.8, 4) is 17.4 Å². The molecule has 2 rings (SSSR count). The maximum absolute atomic E-state index is 13.7. The van der Waals surface area contributed by atoms with Crippen LogP contribution in [0.4, 0.5) is 4.39 Å². The molecule has 17 heavy (non-hydrogen) atoms. The number of halogens is 2. The van der Waals surface area contributed by atoms with E-state index in [0.29, 0.717) is 11.1 Å². The Morgan fingerprint density at radius 1 is 1.12 bits per heavy atom. The Labute approximate surface area is 103 Å². The van der Waals surface area contributed by atoms with Crippen molar-refractivity contribution in [3.63, 3.8) is 0 Å². The van der Waals surface area contributed by atoms with Gasteiger partial charge in [-0.05, 0) is 32.0 Å². The minimum absolute atomic E-state index is 0.0561. The van der Waals surface area contributed by atoms with Crippen LogP contribution in [0.15, 0.2) is 18.2 Å². The molecule has 2 N–H and O–H groups in total. The summed E-state index contributed by atoms with van der Waals surface area (Å²) in [6, 6.07) is 4.01. The molecule has 90 valence electrons. The maximum Gasteiger partial charge on any atom is 0.202 e. The molecule has 0 aliphatic rings. The minimum Gasteiger partial charge on any atom is -0.494 e. The van der Waals surface area contributed by atoms with E-state index in [4.69, 9.17) is 11.6 Å². The molecule has 0 atom stereocenters. The van der Waals surface area contributed by atoms with Gasteiger partial charge >= 0.3 is 0 Å². The van der Waals surface area contributed by atoms with E-state index in [0.717, 1.165) is 10.6 Å². The molecule has 0 saturated carbocycles. The third kappa shape index (κ3) is 1.74. The van der Waals surface area contributed by atoms with Gasteiger partial charge < -0.3 is 10.2 Å². The Hall–Kier alpha value is -1.68. The second-order valence-electron chi connectivity index (χ2n) is 3.83. The van der Waals surface area contributed by atoms with Crippen LogP contribution in [-0.2, 0) is 0 Å². The van der Waals surface area contributed by atoms with Gasteiger partial charge in [0.05, 0.1) is 5.69 Å². The highest BCUT2D eigenvalue weighted by atomic mass is 35.5. The average Bonchev–Trinajstić information content (AvgIpc) is 2.45. The van der Waals surface area contributed by atoms with Gasteiger partial charge in [-0.15, -0.1) is 0 Å². The molecule has 1 heterocycles. The average molecular weight is 256 g/mol. The highest BCUT2D eigenvalue weighted by molar-refractivity contribution is 6.30. The van der Waals surface area contributed by atoms with Crippen LogP contribution in [-0.4, -0.2) is 14.8 Å². The summed E-state index contributed by atoms with van der Waals surface area (Å²) in [5.41, 5.74) is 1.08. The molecule has 0 saturated heterocycles. The van der Waals surface area contributed by atoms with Crippen molar-refractivity contribution in [2.24, 2.45) is 0 Å². The van der Waals surface area contributed by atoms with Gasteiger partial charge in [0.2, 0.25) is 11.8 Å². The van der Waals surface area contributed by atoms with Crippen LogP contribution in [0.1, 0.15) is 11.1 Å². The second-order valence-corrected chi connectivity index (χ2v) is 4.26. The number of aromatic hydroxyl groups is 2. The van der Waals surface area contributed by atoms with Crippen LogP contribution >= 0.6 is 11.6 Å². The maximum atomic E-state index is 13.7. The van der Waals surface area contributed by atoms with Crippen LogP contribution < -0.4 is 0 Å². The number of nitrogens with zero attached hydrogens (tertiary/aromatic N) is 1. The lowest BCUT2D eigenvalue weighted by molar-refractivity contribution is 0.397. The number of hydrogen-bond donors (Lipinski definition) is 2. The summed E-state index contributed by atoms with van der Waals surface area (Å²) < 4.78 is 14.8. The lowest BCUT2D eigenvalue weighted by Crippen LogP contribution is -1.96. The van der Waals surface area contributed by atoms with Crippen LogP contribution in [0.5, 0.6) is 11.8 Å². The monoisotopic (exact) mass is 255 g/mol. The molecule has 0 spiro atoms. The number of benzene rings is 1. The summed E-state index contributed by atoms with van der Waals surface area (Å²) in [5, 5.41) is 20.0. The summed E-state index contributed by atoms with van der Waals surface area (Å²) in [7, 11) is 0. The second kappa shape index (κ2) is 3.96. The summed E-state index contributed by atoms with van der Waals surface area (Å²) >= 11 is 5.65. The van der Waals surface area contributed by atoms with Crippen LogP contribution in [0.2, 0.25) is 5.02 Å². The van der Waals surface area contributed by atoms with Crippen LogP contribution in [0, 0.1) is 19.7 Å². The highest BCUT2D eigenvalue weighted by Gasteiger charge is 2.19. The van der Waals surface area contributed by atoms with Crippen molar-refractivity contribution >= 4 is 11.6 Å². The Morgan fingerprint density at radius 3 is 2.12 bits per heavy atom. The Morgan fingerprint density at radius 2 is 1.65 bits per heavy atom. The predicted octanol–water partition coefficient (Wildman–Crippen LogP) is 3.30. The van der Waals surface area contributed by atoms with E-state index in [9.17, 15) is 14.6 Å². The summed E-state index contributed by atoms with van der Waals surface area (Å²) in [6.45, 7) is 3.30. The summed E-state index contributed by atoms with van der Waals surface area (Å²) in [5.74, 6) is -0.972. The van der Waals surface area contributed by atoms with E-state index in [-0.39, 0.29) is 22.5 Å². The first-order valence-corrected chi connectivity index (χ1v) is 5.36. The van der Waals surface area contributed by atoms with E-state index in [1.165, 1.54) is 12.1 Å². The molecule has 1 aromatic heterocycles. The Bertz CT molecular complexity index is 567. The largest absolute Gasteiger partial charge is 0.494 e. The summed E-state index contributed by atoms with van der Waals surface area (Å²) in [6.07, 6.45) is 0. The zero-order valence-corrected chi connectivity index (χ0v) is 10.1. The smallest absolute Gasteiger partial charge is 0.202 e. The lowest BCUT2D eigenvalue weighted by atomic mass is 10.2. The molecule has 0 radical (unpaired) electrons. The Kier molecular flexibility index (Phi) is 2.75. The molecule has 0 aliphatic carbocycles. The van der Waals surface area contributed by atoms with E-state index in [2.05, 4.69) is 0 Å². The molecule has 5 heteroatoms. The molecule has 2 aromatic rings. The minimum atomic E-state index is -0.613. The molecule has 0 aliphatic heterocycles. The zero-order valence-electron chi connectivity index (χ0n) is 9.33. The van der Waals surface area contributed by atoms with Crippen molar-refractivity contribution in [1.29, 1.82) is 0 Å². The van der Waals surface area contributed by atoms with Gasteiger partial charge in [-0.2, -0.15) is 0 Å². The topological polar surface area (TPSA) is 45.4 Å². The molecule has 0 fully saturated rings. The fourth-order valence-electron chi connectivity index (χ4n) is 1.66. The zero-order chi connectivity index (χ0) is 12.7. The van der Waals surface area contributed by atoms with E-state index >= 15 is 0 Å². The molecule has 1 aromatic carbocycles. The van der Waals surface area contributed by atoms with Crippen molar-refractivity contribution < 1.29 is 14.6 Å². The first-order valence-electron chi connectivity index (χ1n) is 4.98. The van der Waals surface area contributed by atoms with Crippen molar-refractivity contribution in [2.45, 2.75) is 13.8 Å². The number of aromatic nitrogens is 1. The number of rotatable bonds is 1. The van der Waals surface area contributed by atoms with E-state index in [1.54, 1.807) is 13.8 Å². The molecular formula is C12H11ClFNO2. The van der Waals surface area contributed by atoms with E-state index < -0.39 is 5.82 Å². The van der Waals surface area contributed by atoms with Crippen molar-refractivity contribution in [2.75, 3.05) is 0 Å². The fraction of sp³-hybridized carbons (Fsp3) is 0.167. The molecule has 0 amide bonds. The molecule has 0 unspecified atom stereocenters. The third-order valence-corrected chi connectivity index (χ3v) is 3.04. The van der Waals surface area contributed by atoms with Crippen molar-refractivity contribution in [3.05, 3.63) is 40.2 Å². The molecule has 0 bridgehead atoms. The van der Waals surface area contributed by atoms with Crippen LogP contribution in [0.25, 0.3) is 5.69 Å². The lowest BCUT2D eigenvalue weighted by Gasteiger charge is -2.08. The van der Waals surface area contributed by atoms with Gasteiger partial charge in [-0.25, -0.2) is 8.96 Å². The molecular weight excluding hydrogens is 245 g/mol. The predicted molar refractivity (Wildman–Crippen MR) is 63.5 cm³/mol. The Balaban J connectivity index is 2.73. The van der Waals surface area contributed by atoms with Gasteiger partial charge in [0, 0.05) is 16.1 Å². The fourth-order valence-corrected chi connectivity index (χ4v) is 1.82. The van der Waals surface area contributed by atoms with Gasteiger partial charge in [0.1, 0.15) is 5.82 Å². The van der Waals surface area contributed by atoms with Crippen molar-refractivity contribution in [1.82, 2.24) is 4.57 Å². The van der Waals surface area contributed by atoms with Gasteiger partial charge in [0.15, 0.2) is 0 Å². The normalized spacial score (nSPS) is 10.8. The van der Waals surface area contributed by atoms with Gasteiger partial charge in [-0.1, -0.05) is 11.6 Å². The summed E-state index contributed by atoms with van der Waals surface area (Å²) in [4.78, 5) is 0. The standard InChI is InChI=1S/C12H11ClFNO2/c1-6-7(2)12(17)15(11(6)16)10-4-3-8(13)5-9(10)14/h3-5,16-17H,1-2H3. The quantitative estimate of drug-likeness (QED) is 0.821.